The predicted molar refractivity (Wildman–Crippen MR) is 136 cm³/mol. The standard InChI is InChI=1S/C25H34BrN3O5/c26-23-7-3-4-8-24(23)29-25(31)28-14-13-27-17-19(30)18-34-22-11-9-21(10-12-22)33-16-15-32-20-5-1-2-6-20/h3-4,7-12,19-20,27,30H,1-2,5-6,13-18H2,(H2,28,29,31). The molecule has 1 unspecified atom stereocenters. The fourth-order valence-electron chi connectivity index (χ4n) is 3.57. The summed E-state index contributed by atoms with van der Waals surface area (Å²) in [7, 11) is 0. The topological polar surface area (TPSA) is 101 Å². The highest BCUT2D eigenvalue weighted by Crippen LogP contribution is 2.22. The van der Waals surface area contributed by atoms with Gasteiger partial charge in [-0.15, -0.1) is 0 Å². The van der Waals surface area contributed by atoms with E-state index < -0.39 is 6.10 Å². The molecule has 1 saturated carbocycles. The van der Waals surface area contributed by atoms with Crippen molar-refractivity contribution < 1.29 is 24.1 Å². The second-order valence-corrected chi connectivity index (χ2v) is 8.98. The number of benzene rings is 2. The lowest BCUT2D eigenvalue weighted by atomic mass is 10.3. The van der Waals surface area contributed by atoms with Crippen molar-refractivity contribution in [2.45, 2.75) is 37.9 Å². The van der Waals surface area contributed by atoms with Gasteiger partial charge < -0.3 is 35.3 Å². The Morgan fingerprint density at radius 1 is 1.00 bits per heavy atom. The van der Waals surface area contributed by atoms with Crippen LogP contribution in [0.25, 0.3) is 0 Å². The van der Waals surface area contributed by atoms with Crippen molar-refractivity contribution in [1.29, 1.82) is 0 Å². The number of urea groups is 1. The van der Waals surface area contributed by atoms with Gasteiger partial charge >= 0.3 is 6.03 Å². The lowest BCUT2D eigenvalue weighted by Crippen LogP contribution is -2.38. The number of carbonyl (C=O) groups is 1. The van der Waals surface area contributed by atoms with Crippen LogP contribution in [0.1, 0.15) is 25.7 Å². The minimum Gasteiger partial charge on any atom is -0.491 e. The number of hydrogen-bond donors (Lipinski definition) is 4. The number of rotatable bonds is 14. The van der Waals surface area contributed by atoms with E-state index in [1.807, 2.05) is 48.5 Å². The Labute approximate surface area is 209 Å². The first-order valence-electron chi connectivity index (χ1n) is 11.8. The molecule has 186 valence electrons. The van der Waals surface area contributed by atoms with Gasteiger partial charge in [0.1, 0.15) is 30.8 Å². The molecule has 8 nitrogen and oxygen atoms in total. The minimum absolute atomic E-state index is 0.165. The summed E-state index contributed by atoms with van der Waals surface area (Å²) in [6, 6.07) is 14.4. The van der Waals surface area contributed by atoms with Crippen LogP contribution in [0.2, 0.25) is 0 Å². The summed E-state index contributed by atoms with van der Waals surface area (Å²) < 4.78 is 17.9. The van der Waals surface area contributed by atoms with Gasteiger partial charge in [-0.1, -0.05) is 25.0 Å². The van der Waals surface area contributed by atoms with E-state index in [9.17, 15) is 9.90 Å². The number of anilines is 1. The van der Waals surface area contributed by atoms with Crippen molar-refractivity contribution in [3.05, 3.63) is 53.0 Å². The molecule has 3 rings (SSSR count). The Balaban J connectivity index is 1.20. The maximum atomic E-state index is 11.9. The number of halogens is 1. The van der Waals surface area contributed by atoms with Crippen LogP contribution in [0.15, 0.2) is 53.0 Å². The molecule has 9 heteroatoms. The zero-order chi connectivity index (χ0) is 24.0. The van der Waals surface area contributed by atoms with Gasteiger partial charge in [-0.25, -0.2) is 4.79 Å². The van der Waals surface area contributed by atoms with Crippen LogP contribution < -0.4 is 25.4 Å². The van der Waals surface area contributed by atoms with Crippen molar-refractivity contribution >= 4 is 27.6 Å². The van der Waals surface area contributed by atoms with Crippen molar-refractivity contribution in [3.8, 4) is 11.5 Å². The average molecular weight is 536 g/mol. The van der Waals surface area contributed by atoms with Crippen molar-refractivity contribution in [1.82, 2.24) is 10.6 Å². The molecule has 34 heavy (non-hydrogen) atoms. The van der Waals surface area contributed by atoms with E-state index in [0.717, 1.165) is 23.1 Å². The van der Waals surface area contributed by atoms with Gasteiger partial charge in [0.25, 0.3) is 0 Å². The molecule has 0 aromatic heterocycles. The third-order valence-electron chi connectivity index (χ3n) is 5.36. The third-order valence-corrected chi connectivity index (χ3v) is 6.05. The number of nitrogens with one attached hydrogen (secondary N) is 3. The SMILES string of the molecule is O=C(NCCNCC(O)COc1ccc(OCCOC2CCCC2)cc1)Nc1ccccc1Br. The molecule has 2 amide bonds. The highest BCUT2D eigenvalue weighted by molar-refractivity contribution is 9.10. The first kappa shape index (κ1) is 26.3. The molecule has 0 saturated heterocycles. The third kappa shape index (κ3) is 9.89. The van der Waals surface area contributed by atoms with Crippen LogP contribution in [-0.2, 0) is 4.74 Å². The van der Waals surface area contributed by atoms with Gasteiger partial charge in [0, 0.05) is 24.1 Å². The first-order valence-corrected chi connectivity index (χ1v) is 12.5. The van der Waals surface area contributed by atoms with Crippen molar-refractivity contribution in [3.63, 3.8) is 0 Å². The summed E-state index contributed by atoms with van der Waals surface area (Å²) in [5, 5.41) is 18.7. The van der Waals surface area contributed by atoms with Gasteiger partial charge in [0.05, 0.1) is 18.4 Å². The molecule has 2 aromatic carbocycles. The molecule has 1 fully saturated rings. The van der Waals surface area contributed by atoms with Crippen LogP contribution in [0.3, 0.4) is 0 Å². The number of ether oxygens (including phenoxy) is 3. The fourth-order valence-corrected chi connectivity index (χ4v) is 3.96. The molecular weight excluding hydrogens is 502 g/mol. The van der Waals surface area contributed by atoms with Gasteiger partial charge in [-0.3, -0.25) is 0 Å². The zero-order valence-corrected chi connectivity index (χ0v) is 20.9. The summed E-state index contributed by atoms with van der Waals surface area (Å²) in [5.74, 6) is 1.43. The molecule has 1 atom stereocenters. The molecule has 4 N–H and O–H groups in total. The summed E-state index contributed by atoms with van der Waals surface area (Å²) >= 11 is 3.39. The molecule has 2 aromatic rings. The summed E-state index contributed by atoms with van der Waals surface area (Å²) in [5.41, 5.74) is 0.702. The molecule has 0 heterocycles. The number of para-hydroxylation sites is 1. The summed E-state index contributed by atoms with van der Waals surface area (Å²) in [4.78, 5) is 11.9. The second-order valence-electron chi connectivity index (χ2n) is 8.13. The van der Waals surface area contributed by atoms with Gasteiger partial charge in [0.15, 0.2) is 0 Å². The Morgan fingerprint density at radius 3 is 2.44 bits per heavy atom. The van der Waals surface area contributed by atoms with E-state index in [-0.39, 0.29) is 12.6 Å². The average Bonchev–Trinajstić information content (AvgIpc) is 3.36. The van der Waals surface area contributed by atoms with Gasteiger partial charge in [0.2, 0.25) is 0 Å². The highest BCUT2D eigenvalue weighted by atomic mass is 79.9. The van der Waals surface area contributed by atoms with E-state index in [1.54, 1.807) is 0 Å². The smallest absolute Gasteiger partial charge is 0.319 e. The van der Waals surface area contributed by atoms with Gasteiger partial charge in [-0.05, 0) is 65.2 Å². The highest BCUT2D eigenvalue weighted by Gasteiger charge is 2.14. The molecular formula is C25H34BrN3O5. The van der Waals surface area contributed by atoms with Crippen LogP contribution in [0.4, 0.5) is 10.5 Å². The number of amides is 2. The first-order chi connectivity index (χ1) is 16.6. The quantitative estimate of drug-likeness (QED) is 0.273. The molecule has 1 aliphatic carbocycles. The maximum absolute atomic E-state index is 11.9. The Morgan fingerprint density at radius 2 is 1.71 bits per heavy atom. The van der Waals surface area contributed by atoms with Crippen molar-refractivity contribution in [2.75, 3.05) is 44.8 Å². The zero-order valence-electron chi connectivity index (χ0n) is 19.3. The predicted octanol–water partition coefficient (Wildman–Crippen LogP) is 3.94. The minimum atomic E-state index is -0.669. The van der Waals surface area contributed by atoms with Crippen LogP contribution in [0, 0.1) is 0 Å². The lowest BCUT2D eigenvalue weighted by molar-refractivity contribution is 0.0382. The number of aliphatic hydroxyl groups excluding tert-OH is 1. The molecule has 0 bridgehead atoms. The van der Waals surface area contributed by atoms with Crippen LogP contribution in [0.5, 0.6) is 11.5 Å². The molecule has 0 spiro atoms. The second kappa shape index (κ2) is 14.8. The molecule has 0 radical (unpaired) electrons. The summed E-state index contributed by atoms with van der Waals surface area (Å²) in [6.07, 6.45) is 4.59. The van der Waals surface area contributed by atoms with E-state index in [4.69, 9.17) is 14.2 Å². The maximum Gasteiger partial charge on any atom is 0.319 e. The summed E-state index contributed by atoms with van der Waals surface area (Å²) in [6.45, 7) is 2.61. The molecule has 1 aliphatic rings. The lowest BCUT2D eigenvalue weighted by Gasteiger charge is -2.14. The van der Waals surface area contributed by atoms with E-state index in [1.165, 1.54) is 12.8 Å². The van der Waals surface area contributed by atoms with E-state index >= 15 is 0 Å². The van der Waals surface area contributed by atoms with E-state index in [0.29, 0.717) is 50.4 Å². The van der Waals surface area contributed by atoms with Crippen LogP contribution >= 0.6 is 15.9 Å². The number of aliphatic hydroxyl groups is 1. The van der Waals surface area contributed by atoms with Crippen LogP contribution in [-0.4, -0.2) is 62.8 Å². The fraction of sp³-hybridized carbons (Fsp3) is 0.480. The number of hydrogen-bond acceptors (Lipinski definition) is 6. The largest absolute Gasteiger partial charge is 0.491 e. The molecule has 0 aliphatic heterocycles. The normalized spacial score (nSPS) is 14.5. The Bertz CT molecular complexity index is 862. The van der Waals surface area contributed by atoms with Crippen molar-refractivity contribution in [2.24, 2.45) is 0 Å². The van der Waals surface area contributed by atoms with E-state index in [2.05, 4.69) is 31.9 Å². The van der Waals surface area contributed by atoms with Gasteiger partial charge in [-0.2, -0.15) is 0 Å². The Hall–Kier alpha value is -2.33. The Kier molecular flexibility index (Phi) is 11.5. The monoisotopic (exact) mass is 535 g/mol. The number of carbonyl (C=O) groups excluding carboxylic acids is 1.